The van der Waals surface area contributed by atoms with E-state index in [0.29, 0.717) is 6.61 Å². The van der Waals surface area contributed by atoms with Crippen LogP contribution in [0.25, 0.3) is 0 Å². The lowest BCUT2D eigenvalue weighted by Gasteiger charge is -2.21. The maximum atomic E-state index is 10.9. The SMILES string of the molecule is CC(C)(C)CO[C@@H]1C[C@H](C(=O)O)N(C(=O)O)C1. The maximum absolute atomic E-state index is 10.9. The second-order valence-corrected chi connectivity index (χ2v) is 5.52. The van der Waals surface area contributed by atoms with E-state index in [-0.39, 0.29) is 24.5 Å². The van der Waals surface area contributed by atoms with E-state index in [2.05, 4.69) is 0 Å². The third kappa shape index (κ3) is 3.89. The third-order valence-electron chi connectivity index (χ3n) is 2.55. The number of carbonyl (C=O) groups is 2. The zero-order chi connectivity index (χ0) is 13.2. The van der Waals surface area contributed by atoms with Crippen molar-refractivity contribution in [1.29, 1.82) is 0 Å². The summed E-state index contributed by atoms with van der Waals surface area (Å²) >= 11 is 0. The highest BCUT2D eigenvalue weighted by molar-refractivity contribution is 5.80. The Balaban J connectivity index is 2.57. The summed E-state index contributed by atoms with van der Waals surface area (Å²) in [5.41, 5.74) is -0.0185. The summed E-state index contributed by atoms with van der Waals surface area (Å²) in [5, 5.41) is 17.8. The van der Waals surface area contributed by atoms with Crippen molar-refractivity contribution in [3.8, 4) is 0 Å². The van der Waals surface area contributed by atoms with Crippen molar-refractivity contribution in [3.05, 3.63) is 0 Å². The molecule has 0 saturated carbocycles. The standard InChI is InChI=1S/C11H19NO5/c1-11(2,3)6-17-7-4-8(9(13)14)12(5-7)10(15)16/h7-8H,4-6H2,1-3H3,(H,13,14)(H,15,16)/t7-,8-/m1/s1. The quantitative estimate of drug-likeness (QED) is 0.781. The van der Waals surface area contributed by atoms with Crippen LogP contribution in [0, 0.1) is 5.41 Å². The average molecular weight is 245 g/mol. The lowest BCUT2D eigenvalue weighted by atomic mass is 9.98. The van der Waals surface area contributed by atoms with Crippen molar-refractivity contribution in [2.45, 2.75) is 39.3 Å². The molecule has 0 aromatic heterocycles. The number of aliphatic carboxylic acids is 1. The normalized spacial score (nSPS) is 25.0. The predicted octanol–water partition coefficient (Wildman–Crippen LogP) is 1.25. The van der Waals surface area contributed by atoms with E-state index in [4.69, 9.17) is 14.9 Å². The van der Waals surface area contributed by atoms with Gasteiger partial charge in [-0.05, 0) is 5.41 Å². The van der Waals surface area contributed by atoms with Crippen LogP contribution in [-0.2, 0) is 9.53 Å². The summed E-state index contributed by atoms with van der Waals surface area (Å²) in [4.78, 5) is 22.7. The largest absolute Gasteiger partial charge is 0.480 e. The Morgan fingerprint density at radius 1 is 1.35 bits per heavy atom. The second-order valence-electron chi connectivity index (χ2n) is 5.52. The van der Waals surface area contributed by atoms with Gasteiger partial charge in [-0.1, -0.05) is 20.8 Å². The van der Waals surface area contributed by atoms with Gasteiger partial charge in [-0.15, -0.1) is 0 Å². The Labute approximate surface area is 100 Å². The molecule has 2 atom stereocenters. The van der Waals surface area contributed by atoms with Gasteiger partial charge < -0.3 is 14.9 Å². The Kier molecular flexibility index (Phi) is 3.98. The molecule has 1 amide bonds. The molecule has 0 spiro atoms. The first-order chi connectivity index (χ1) is 7.70. The van der Waals surface area contributed by atoms with Crippen molar-refractivity contribution in [2.75, 3.05) is 13.2 Å². The third-order valence-corrected chi connectivity index (χ3v) is 2.55. The van der Waals surface area contributed by atoms with Gasteiger partial charge in [-0.25, -0.2) is 9.59 Å². The smallest absolute Gasteiger partial charge is 0.408 e. The molecular formula is C11H19NO5. The lowest BCUT2D eigenvalue weighted by molar-refractivity contribution is -0.141. The fourth-order valence-corrected chi connectivity index (χ4v) is 1.73. The molecule has 0 radical (unpaired) electrons. The molecule has 0 aromatic rings. The Bertz CT molecular complexity index is 287. The molecule has 17 heavy (non-hydrogen) atoms. The topological polar surface area (TPSA) is 87.1 Å². The first-order valence-corrected chi connectivity index (χ1v) is 5.54. The molecule has 0 unspecified atom stereocenters. The minimum absolute atomic E-state index is 0.0185. The number of rotatable bonds is 3. The summed E-state index contributed by atoms with van der Waals surface area (Å²) < 4.78 is 5.56. The van der Waals surface area contributed by atoms with Crippen molar-refractivity contribution < 1.29 is 24.5 Å². The molecule has 0 bridgehead atoms. The van der Waals surface area contributed by atoms with Crippen LogP contribution in [0.3, 0.4) is 0 Å². The van der Waals surface area contributed by atoms with Crippen LogP contribution in [-0.4, -0.2) is 52.5 Å². The van der Waals surface area contributed by atoms with Gasteiger partial charge in [-0.3, -0.25) is 4.90 Å². The number of ether oxygens (including phenoxy) is 1. The highest BCUT2D eigenvalue weighted by Gasteiger charge is 2.40. The number of carboxylic acids is 1. The van der Waals surface area contributed by atoms with E-state index in [0.717, 1.165) is 4.90 Å². The predicted molar refractivity (Wildman–Crippen MR) is 60.0 cm³/mol. The molecule has 1 heterocycles. The van der Waals surface area contributed by atoms with Crippen LogP contribution in [0.5, 0.6) is 0 Å². The van der Waals surface area contributed by atoms with E-state index in [9.17, 15) is 9.59 Å². The molecule has 1 saturated heterocycles. The highest BCUT2D eigenvalue weighted by Crippen LogP contribution is 2.23. The summed E-state index contributed by atoms with van der Waals surface area (Å²) in [5.74, 6) is -1.12. The van der Waals surface area contributed by atoms with E-state index in [1.807, 2.05) is 20.8 Å². The van der Waals surface area contributed by atoms with Crippen molar-refractivity contribution in [3.63, 3.8) is 0 Å². The van der Waals surface area contributed by atoms with Crippen molar-refractivity contribution >= 4 is 12.1 Å². The fourth-order valence-electron chi connectivity index (χ4n) is 1.73. The van der Waals surface area contributed by atoms with E-state index in [1.165, 1.54) is 0 Å². The summed E-state index contributed by atoms with van der Waals surface area (Å²) in [6, 6.07) is -0.988. The van der Waals surface area contributed by atoms with Crippen LogP contribution in [0.4, 0.5) is 4.79 Å². The Morgan fingerprint density at radius 2 is 1.94 bits per heavy atom. The van der Waals surface area contributed by atoms with Crippen molar-refractivity contribution in [1.82, 2.24) is 4.90 Å². The molecule has 6 nitrogen and oxygen atoms in total. The molecule has 1 fully saturated rings. The summed E-state index contributed by atoms with van der Waals surface area (Å²) in [7, 11) is 0. The number of hydrogen-bond donors (Lipinski definition) is 2. The van der Waals surface area contributed by atoms with Crippen LogP contribution < -0.4 is 0 Å². The van der Waals surface area contributed by atoms with Gasteiger partial charge in [0.05, 0.1) is 19.3 Å². The molecule has 0 aliphatic carbocycles. The highest BCUT2D eigenvalue weighted by atomic mass is 16.5. The Hall–Kier alpha value is -1.30. The molecule has 1 aliphatic heterocycles. The average Bonchev–Trinajstić information content (AvgIpc) is 2.57. The van der Waals surface area contributed by atoms with Gasteiger partial charge >= 0.3 is 12.1 Å². The van der Waals surface area contributed by atoms with Gasteiger partial charge in [0.15, 0.2) is 0 Å². The fraction of sp³-hybridized carbons (Fsp3) is 0.818. The zero-order valence-electron chi connectivity index (χ0n) is 10.3. The molecule has 98 valence electrons. The minimum Gasteiger partial charge on any atom is -0.480 e. The number of amides is 1. The molecule has 2 N–H and O–H groups in total. The number of likely N-dealkylation sites (tertiary alicyclic amines) is 1. The zero-order valence-corrected chi connectivity index (χ0v) is 10.3. The van der Waals surface area contributed by atoms with Crippen LogP contribution in [0.1, 0.15) is 27.2 Å². The first kappa shape index (κ1) is 13.8. The van der Waals surface area contributed by atoms with Gasteiger partial charge in [0.1, 0.15) is 6.04 Å². The summed E-state index contributed by atoms with van der Waals surface area (Å²) in [6.07, 6.45) is -1.32. The van der Waals surface area contributed by atoms with Gasteiger partial charge in [0, 0.05) is 6.42 Å². The molecule has 1 aliphatic rings. The number of nitrogens with zero attached hydrogens (tertiary/aromatic N) is 1. The maximum Gasteiger partial charge on any atom is 0.408 e. The number of carboxylic acid groups (broad SMARTS) is 2. The Morgan fingerprint density at radius 3 is 2.29 bits per heavy atom. The first-order valence-electron chi connectivity index (χ1n) is 5.54. The van der Waals surface area contributed by atoms with E-state index < -0.39 is 18.1 Å². The monoisotopic (exact) mass is 245 g/mol. The van der Waals surface area contributed by atoms with E-state index in [1.54, 1.807) is 0 Å². The van der Waals surface area contributed by atoms with Crippen LogP contribution in [0.2, 0.25) is 0 Å². The minimum atomic E-state index is -1.21. The number of hydrogen-bond acceptors (Lipinski definition) is 3. The molecule has 1 rings (SSSR count). The lowest BCUT2D eigenvalue weighted by Crippen LogP contribution is -2.39. The van der Waals surface area contributed by atoms with Gasteiger partial charge in [0.25, 0.3) is 0 Å². The van der Waals surface area contributed by atoms with Crippen LogP contribution >= 0.6 is 0 Å². The van der Waals surface area contributed by atoms with Gasteiger partial charge in [0.2, 0.25) is 0 Å². The molecule has 6 heteroatoms. The van der Waals surface area contributed by atoms with Crippen LogP contribution in [0.15, 0.2) is 0 Å². The second kappa shape index (κ2) is 4.91. The van der Waals surface area contributed by atoms with Gasteiger partial charge in [-0.2, -0.15) is 0 Å². The van der Waals surface area contributed by atoms with Crippen molar-refractivity contribution in [2.24, 2.45) is 5.41 Å². The summed E-state index contributed by atoms with van der Waals surface area (Å²) in [6.45, 7) is 6.63. The molecule has 0 aromatic carbocycles. The molecular weight excluding hydrogens is 226 g/mol. The van der Waals surface area contributed by atoms with E-state index >= 15 is 0 Å².